The molecule has 1 heterocycles. The fourth-order valence-corrected chi connectivity index (χ4v) is 1.20. The van der Waals surface area contributed by atoms with E-state index in [9.17, 15) is 0 Å². The minimum atomic E-state index is 0.588. The van der Waals surface area contributed by atoms with Crippen molar-refractivity contribution in [1.29, 1.82) is 0 Å². The number of hydrogen-bond acceptors (Lipinski definition) is 3. The van der Waals surface area contributed by atoms with E-state index < -0.39 is 0 Å². The van der Waals surface area contributed by atoms with Crippen LogP contribution in [-0.2, 0) is 0 Å². The van der Waals surface area contributed by atoms with Gasteiger partial charge in [-0.3, -0.25) is 0 Å². The number of nitrogens with zero attached hydrogens (tertiary/aromatic N) is 3. The summed E-state index contributed by atoms with van der Waals surface area (Å²) < 4.78 is 0. The van der Waals surface area contributed by atoms with Crippen LogP contribution >= 0.6 is 11.6 Å². The Balaban J connectivity index is 2.48. The minimum absolute atomic E-state index is 0.588. The summed E-state index contributed by atoms with van der Waals surface area (Å²) in [6.07, 6.45) is 3.14. The third kappa shape index (κ3) is 1.81. The molecule has 0 radical (unpaired) electrons. The quantitative estimate of drug-likeness (QED) is 0.694. The first-order chi connectivity index (χ1) is 6.36. The molecular weight excluding hydrogens is 186 g/mol. The number of benzene rings is 1. The van der Waals surface area contributed by atoms with Gasteiger partial charge in [-0.1, -0.05) is 23.7 Å². The maximum atomic E-state index is 5.82. The zero-order valence-corrected chi connectivity index (χ0v) is 7.44. The molecule has 2 aromatic rings. The van der Waals surface area contributed by atoms with Crippen LogP contribution in [0.5, 0.6) is 0 Å². The van der Waals surface area contributed by atoms with Crippen LogP contribution < -0.4 is 0 Å². The summed E-state index contributed by atoms with van der Waals surface area (Å²) in [5.74, 6) is 0.588. The van der Waals surface area contributed by atoms with Gasteiger partial charge in [0, 0.05) is 16.8 Å². The molecule has 0 aliphatic rings. The highest BCUT2D eigenvalue weighted by molar-refractivity contribution is 6.30. The maximum absolute atomic E-state index is 5.82. The Bertz CT molecular complexity index is 403. The van der Waals surface area contributed by atoms with Crippen molar-refractivity contribution in [3.8, 4) is 11.4 Å². The SMILES string of the molecule is Clc1cccc(-c2nccnn2)c1. The largest absolute Gasteiger partial charge is 0.233 e. The van der Waals surface area contributed by atoms with Crippen LogP contribution in [0.2, 0.25) is 5.02 Å². The molecule has 0 N–H and O–H groups in total. The Morgan fingerprint density at radius 2 is 2.08 bits per heavy atom. The second-order valence-corrected chi connectivity index (χ2v) is 2.91. The van der Waals surface area contributed by atoms with Crippen LogP contribution in [0.1, 0.15) is 0 Å². The lowest BCUT2D eigenvalue weighted by Gasteiger charge is -1.97. The van der Waals surface area contributed by atoms with Crippen LogP contribution in [0.15, 0.2) is 36.7 Å². The predicted molar refractivity (Wildman–Crippen MR) is 50.3 cm³/mol. The summed E-state index contributed by atoms with van der Waals surface area (Å²) in [5, 5.41) is 8.28. The highest BCUT2D eigenvalue weighted by atomic mass is 35.5. The average molecular weight is 192 g/mol. The van der Waals surface area contributed by atoms with Crippen LogP contribution in [-0.4, -0.2) is 15.2 Å². The van der Waals surface area contributed by atoms with Gasteiger partial charge in [-0.25, -0.2) is 4.98 Å². The highest BCUT2D eigenvalue weighted by Crippen LogP contribution is 2.17. The Labute approximate surface area is 80.4 Å². The summed E-state index contributed by atoms with van der Waals surface area (Å²) >= 11 is 5.82. The van der Waals surface area contributed by atoms with Gasteiger partial charge in [-0.15, -0.1) is 5.10 Å². The Hall–Kier alpha value is -1.48. The van der Waals surface area contributed by atoms with Crippen molar-refractivity contribution in [2.45, 2.75) is 0 Å². The standard InChI is InChI=1S/C9H6ClN3/c10-8-3-1-2-7(6-8)9-11-4-5-12-13-9/h1-6H. The molecule has 0 aliphatic carbocycles. The first-order valence-corrected chi connectivity index (χ1v) is 4.14. The van der Waals surface area contributed by atoms with E-state index in [2.05, 4.69) is 15.2 Å². The lowest BCUT2D eigenvalue weighted by atomic mass is 10.2. The molecule has 13 heavy (non-hydrogen) atoms. The van der Waals surface area contributed by atoms with E-state index >= 15 is 0 Å². The molecule has 1 aromatic carbocycles. The van der Waals surface area contributed by atoms with E-state index in [0.29, 0.717) is 10.8 Å². The molecule has 4 heteroatoms. The number of aromatic nitrogens is 3. The molecule has 64 valence electrons. The van der Waals surface area contributed by atoms with Gasteiger partial charge >= 0.3 is 0 Å². The molecule has 0 saturated heterocycles. The molecule has 0 saturated carbocycles. The summed E-state index contributed by atoms with van der Waals surface area (Å²) in [4.78, 5) is 4.06. The Morgan fingerprint density at radius 3 is 2.77 bits per heavy atom. The van der Waals surface area contributed by atoms with Crippen LogP contribution in [0.25, 0.3) is 11.4 Å². The molecule has 0 unspecified atom stereocenters. The number of halogens is 1. The molecule has 2 rings (SSSR count). The van der Waals surface area contributed by atoms with Crippen molar-refractivity contribution < 1.29 is 0 Å². The maximum Gasteiger partial charge on any atom is 0.181 e. The summed E-state index contributed by atoms with van der Waals surface area (Å²) in [5.41, 5.74) is 0.876. The molecule has 1 aromatic heterocycles. The van der Waals surface area contributed by atoms with Crippen molar-refractivity contribution in [2.24, 2.45) is 0 Å². The van der Waals surface area contributed by atoms with E-state index in [-0.39, 0.29) is 0 Å². The van der Waals surface area contributed by atoms with E-state index in [1.165, 1.54) is 6.20 Å². The minimum Gasteiger partial charge on any atom is -0.233 e. The van der Waals surface area contributed by atoms with Gasteiger partial charge in [0.15, 0.2) is 5.82 Å². The van der Waals surface area contributed by atoms with Gasteiger partial charge in [-0.05, 0) is 12.1 Å². The van der Waals surface area contributed by atoms with Crippen molar-refractivity contribution in [3.05, 3.63) is 41.7 Å². The number of hydrogen-bond donors (Lipinski definition) is 0. The van der Waals surface area contributed by atoms with E-state index in [4.69, 9.17) is 11.6 Å². The first kappa shape index (κ1) is 8.13. The Kier molecular flexibility index (Phi) is 2.19. The molecule has 0 bridgehead atoms. The van der Waals surface area contributed by atoms with Gasteiger partial charge in [-0.2, -0.15) is 5.10 Å². The lowest BCUT2D eigenvalue weighted by Crippen LogP contribution is -1.89. The normalized spacial score (nSPS) is 9.92. The van der Waals surface area contributed by atoms with Gasteiger partial charge in [0.2, 0.25) is 0 Å². The zero-order chi connectivity index (χ0) is 9.10. The summed E-state index contributed by atoms with van der Waals surface area (Å²) in [6, 6.07) is 7.36. The molecule has 0 aliphatic heterocycles. The molecular formula is C9H6ClN3. The fourth-order valence-electron chi connectivity index (χ4n) is 1.01. The van der Waals surface area contributed by atoms with Crippen molar-refractivity contribution >= 4 is 11.6 Å². The topological polar surface area (TPSA) is 38.7 Å². The van der Waals surface area contributed by atoms with Crippen molar-refractivity contribution in [1.82, 2.24) is 15.2 Å². The molecule has 0 amide bonds. The predicted octanol–water partition coefficient (Wildman–Crippen LogP) is 2.19. The van der Waals surface area contributed by atoms with Gasteiger partial charge in [0.1, 0.15) is 0 Å². The monoisotopic (exact) mass is 191 g/mol. The summed E-state index contributed by atoms with van der Waals surface area (Å²) in [6.45, 7) is 0. The first-order valence-electron chi connectivity index (χ1n) is 3.76. The molecule has 0 atom stereocenters. The van der Waals surface area contributed by atoms with Crippen LogP contribution in [0, 0.1) is 0 Å². The van der Waals surface area contributed by atoms with Gasteiger partial charge in [0.25, 0.3) is 0 Å². The van der Waals surface area contributed by atoms with Crippen LogP contribution in [0.4, 0.5) is 0 Å². The zero-order valence-electron chi connectivity index (χ0n) is 6.68. The third-order valence-corrected chi connectivity index (χ3v) is 1.80. The summed E-state index contributed by atoms with van der Waals surface area (Å²) in [7, 11) is 0. The molecule has 0 fully saturated rings. The second kappa shape index (κ2) is 3.49. The third-order valence-electron chi connectivity index (χ3n) is 1.57. The second-order valence-electron chi connectivity index (χ2n) is 2.48. The smallest absolute Gasteiger partial charge is 0.181 e. The highest BCUT2D eigenvalue weighted by Gasteiger charge is 1.99. The Morgan fingerprint density at radius 1 is 1.15 bits per heavy atom. The van der Waals surface area contributed by atoms with E-state index in [1.54, 1.807) is 18.3 Å². The molecule has 3 nitrogen and oxygen atoms in total. The van der Waals surface area contributed by atoms with E-state index in [1.807, 2.05) is 12.1 Å². The fraction of sp³-hybridized carbons (Fsp3) is 0. The number of rotatable bonds is 1. The molecule has 0 spiro atoms. The van der Waals surface area contributed by atoms with Gasteiger partial charge < -0.3 is 0 Å². The van der Waals surface area contributed by atoms with Crippen LogP contribution in [0.3, 0.4) is 0 Å². The average Bonchev–Trinajstić information content (AvgIpc) is 2.19. The van der Waals surface area contributed by atoms with Crippen molar-refractivity contribution in [2.75, 3.05) is 0 Å². The van der Waals surface area contributed by atoms with Gasteiger partial charge in [0.05, 0.1) is 6.20 Å². The lowest BCUT2D eigenvalue weighted by molar-refractivity contribution is 0.980. The van der Waals surface area contributed by atoms with E-state index in [0.717, 1.165) is 5.56 Å². The van der Waals surface area contributed by atoms with Crippen molar-refractivity contribution in [3.63, 3.8) is 0 Å².